The van der Waals surface area contributed by atoms with Crippen LogP contribution in [-0.2, 0) is 0 Å². The molecule has 0 aliphatic heterocycles. The second kappa shape index (κ2) is 4.36. The van der Waals surface area contributed by atoms with E-state index >= 15 is 0 Å². The molecule has 0 saturated heterocycles. The Balaban J connectivity index is 3.37. The Kier molecular flexibility index (Phi) is 4.16. The summed E-state index contributed by atoms with van der Waals surface area (Å²) in [5.41, 5.74) is 0. The van der Waals surface area contributed by atoms with Gasteiger partial charge in [-0.1, -0.05) is 6.58 Å². The molecule has 0 aromatic rings. The van der Waals surface area contributed by atoms with Gasteiger partial charge in [-0.3, -0.25) is 4.39 Å². The first-order chi connectivity index (χ1) is 4.62. The Morgan fingerprint density at radius 1 is 1.30 bits per heavy atom. The van der Waals surface area contributed by atoms with Gasteiger partial charge in [-0.2, -0.15) is 0 Å². The highest BCUT2D eigenvalue weighted by Crippen LogP contribution is 2.21. The molecule has 0 aromatic carbocycles. The fourth-order valence-electron chi connectivity index (χ4n) is 0.557. The summed E-state index contributed by atoms with van der Waals surface area (Å²) < 4.78 is 35.9. The van der Waals surface area contributed by atoms with E-state index in [-0.39, 0.29) is 19.3 Å². The van der Waals surface area contributed by atoms with E-state index in [2.05, 4.69) is 6.58 Å². The summed E-state index contributed by atoms with van der Waals surface area (Å²) in [6, 6.07) is 0. The molecule has 0 aromatic heterocycles. The molecule has 0 heterocycles. The topological polar surface area (TPSA) is 0 Å². The molecule has 0 atom stereocenters. The molecule has 0 nitrogen and oxygen atoms in total. The van der Waals surface area contributed by atoms with Crippen molar-refractivity contribution >= 4 is 0 Å². The van der Waals surface area contributed by atoms with Crippen LogP contribution in [0.2, 0.25) is 0 Å². The monoisotopic (exact) mass is 152 g/mol. The van der Waals surface area contributed by atoms with Gasteiger partial charge in [-0.15, -0.1) is 0 Å². The summed E-state index contributed by atoms with van der Waals surface area (Å²) >= 11 is 0. The maximum absolute atomic E-state index is 12.2. The lowest BCUT2D eigenvalue weighted by Gasteiger charge is -2.08. The molecule has 10 heavy (non-hydrogen) atoms. The quantitative estimate of drug-likeness (QED) is 0.419. The van der Waals surface area contributed by atoms with Crippen LogP contribution in [0.5, 0.6) is 0 Å². The lowest BCUT2D eigenvalue weighted by Crippen LogP contribution is -2.10. The third kappa shape index (κ3) is 4.41. The predicted molar refractivity (Wildman–Crippen MR) is 35.0 cm³/mol. The van der Waals surface area contributed by atoms with Crippen LogP contribution in [0.15, 0.2) is 12.7 Å². The summed E-state index contributed by atoms with van der Waals surface area (Å²) in [5, 5.41) is 0. The van der Waals surface area contributed by atoms with Crippen LogP contribution < -0.4 is 0 Å². The standard InChI is InChI=1S/C7H11F3/c1-2-7(9,10)5-3-4-6-8/h2H,1,3-6H2. The average molecular weight is 152 g/mol. The molecular formula is C7H11F3. The number of hydrogen-bond acceptors (Lipinski definition) is 0. The molecule has 0 N–H and O–H groups in total. The molecule has 0 fully saturated rings. The van der Waals surface area contributed by atoms with Gasteiger partial charge in [-0.05, 0) is 18.9 Å². The number of alkyl halides is 3. The minimum atomic E-state index is -2.81. The van der Waals surface area contributed by atoms with Crippen molar-refractivity contribution in [2.24, 2.45) is 0 Å². The molecule has 0 spiro atoms. The van der Waals surface area contributed by atoms with Crippen LogP contribution in [0.4, 0.5) is 13.2 Å². The van der Waals surface area contributed by atoms with Crippen molar-refractivity contribution in [3.63, 3.8) is 0 Å². The van der Waals surface area contributed by atoms with E-state index in [1.807, 2.05) is 0 Å². The lowest BCUT2D eigenvalue weighted by molar-refractivity contribution is 0.0428. The van der Waals surface area contributed by atoms with Gasteiger partial charge < -0.3 is 0 Å². The number of unbranched alkanes of at least 4 members (excludes halogenated alkanes) is 1. The van der Waals surface area contributed by atoms with Crippen molar-refractivity contribution in [2.75, 3.05) is 6.67 Å². The van der Waals surface area contributed by atoms with Gasteiger partial charge in [0.2, 0.25) is 0 Å². The van der Waals surface area contributed by atoms with E-state index in [1.165, 1.54) is 0 Å². The Hall–Kier alpha value is -0.470. The van der Waals surface area contributed by atoms with Crippen molar-refractivity contribution in [1.29, 1.82) is 0 Å². The van der Waals surface area contributed by atoms with Crippen molar-refractivity contribution in [1.82, 2.24) is 0 Å². The maximum Gasteiger partial charge on any atom is 0.266 e. The van der Waals surface area contributed by atoms with Crippen LogP contribution in [0.25, 0.3) is 0 Å². The van der Waals surface area contributed by atoms with Crippen molar-refractivity contribution in [3.05, 3.63) is 12.7 Å². The Morgan fingerprint density at radius 3 is 2.30 bits per heavy atom. The molecule has 0 radical (unpaired) electrons. The zero-order valence-corrected chi connectivity index (χ0v) is 5.75. The van der Waals surface area contributed by atoms with E-state index in [9.17, 15) is 13.2 Å². The fourth-order valence-corrected chi connectivity index (χ4v) is 0.557. The molecule has 0 amide bonds. The normalized spacial score (nSPS) is 11.5. The highest BCUT2D eigenvalue weighted by molar-refractivity contribution is 4.86. The molecule has 3 heteroatoms. The molecule has 0 saturated carbocycles. The summed E-state index contributed by atoms with van der Waals surface area (Å²) in [5.74, 6) is -2.81. The number of allylic oxidation sites excluding steroid dienone is 1. The maximum atomic E-state index is 12.2. The molecular weight excluding hydrogens is 141 g/mol. The minimum absolute atomic E-state index is 0.212. The Bertz CT molecular complexity index is 99.0. The van der Waals surface area contributed by atoms with E-state index in [1.54, 1.807) is 0 Å². The average Bonchev–Trinajstić information content (AvgIpc) is 1.89. The number of rotatable bonds is 5. The lowest BCUT2D eigenvalue weighted by atomic mass is 10.1. The summed E-state index contributed by atoms with van der Waals surface area (Å²) in [4.78, 5) is 0. The molecule has 0 unspecified atom stereocenters. The Morgan fingerprint density at radius 2 is 1.90 bits per heavy atom. The van der Waals surface area contributed by atoms with Gasteiger partial charge in [-0.25, -0.2) is 8.78 Å². The summed E-state index contributed by atoms with van der Waals surface area (Å²) in [7, 11) is 0. The van der Waals surface area contributed by atoms with Gasteiger partial charge in [0.15, 0.2) is 0 Å². The first-order valence-electron chi connectivity index (χ1n) is 3.20. The molecule has 0 bridgehead atoms. The van der Waals surface area contributed by atoms with Crippen LogP contribution in [-0.4, -0.2) is 12.6 Å². The van der Waals surface area contributed by atoms with Crippen molar-refractivity contribution < 1.29 is 13.2 Å². The van der Waals surface area contributed by atoms with Gasteiger partial charge in [0.1, 0.15) is 0 Å². The minimum Gasteiger partial charge on any atom is -0.251 e. The number of halogens is 3. The SMILES string of the molecule is C=CC(F)(F)CCCCF. The van der Waals surface area contributed by atoms with Gasteiger partial charge >= 0.3 is 0 Å². The zero-order chi connectivity index (χ0) is 8.04. The van der Waals surface area contributed by atoms with Crippen LogP contribution >= 0.6 is 0 Å². The summed E-state index contributed by atoms with van der Waals surface area (Å²) in [6.45, 7) is 2.45. The van der Waals surface area contributed by atoms with Gasteiger partial charge in [0.05, 0.1) is 6.67 Å². The molecule has 0 aliphatic rings. The van der Waals surface area contributed by atoms with E-state index in [0.717, 1.165) is 0 Å². The Labute approximate surface area is 58.7 Å². The van der Waals surface area contributed by atoms with E-state index in [4.69, 9.17) is 0 Å². The van der Waals surface area contributed by atoms with Gasteiger partial charge in [0.25, 0.3) is 5.92 Å². The second-order valence-electron chi connectivity index (χ2n) is 2.11. The van der Waals surface area contributed by atoms with Crippen molar-refractivity contribution in [2.45, 2.75) is 25.2 Å². The van der Waals surface area contributed by atoms with E-state index in [0.29, 0.717) is 6.08 Å². The van der Waals surface area contributed by atoms with Gasteiger partial charge in [0, 0.05) is 6.42 Å². The smallest absolute Gasteiger partial charge is 0.251 e. The highest BCUT2D eigenvalue weighted by Gasteiger charge is 2.22. The van der Waals surface area contributed by atoms with E-state index < -0.39 is 12.6 Å². The first-order valence-corrected chi connectivity index (χ1v) is 3.20. The highest BCUT2D eigenvalue weighted by atomic mass is 19.3. The second-order valence-corrected chi connectivity index (χ2v) is 2.11. The third-order valence-corrected chi connectivity index (χ3v) is 1.19. The fraction of sp³-hybridized carbons (Fsp3) is 0.714. The number of hydrogen-bond donors (Lipinski definition) is 0. The first kappa shape index (κ1) is 9.53. The van der Waals surface area contributed by atoms with Crippen molar-refractivity contribution in [3.8, 4) is 0 Å². The molecule has 60 valence electrons. The predicted octanol–water partition coefficient (Wildman–Crippen LogP) is 2.95. The molecule has 0 rings (SSSR count). The third-order valence-electron chi connectivity index (χ3n) is 1.19. The van der Waals surface area contributed by atoms with Crippen LogP contribution in [0, 0.1) is 0 Å². The zero-order valence-electron chi connectivity index (χ0n) is 5.75. The summed E-state index contributed by atoms with van der Waals surface area (Å²) in [6.07, 6.45) is 0.741. The van der Waals surface area contributed by atoms with Crippen LogP contribution in [0.1, 0.15) is 19.3 Å². The van der Waals surface area contributed by atoms with Crippen LogP contribution in [0.3, 0.4) is 0 Å². The largest absolute Gasteiger partial charge is 0.266 e. The molecule has 0 aliphatic carbocycles.